The third-order valence-electron chi connectivity index (χ3n) is 3.92. The first-order valence-electron chi connectivity index (χ1n) is 8.35. The number of benzene rings is 2. The first kappa shape index (κ1) is 22.4. The number of anilines is 1. The van der Waals surface area contributed by atoms with Gasteiger partial charge in [0.05, 0.1) is 22.8 Å². The third kappa shape index (κ3) is 4.90. The van der Waals surface area contributed by atoms with Gasteiger partial charge in [0, 0.05) is 22.8 Å². The summed E-state index contributed by atoms with van der Waals surface area (Å²) in [5.74, 6) is -0.294. The van der Waals surface area contributed by atoms with Crippen molar-refractivity contribution in [2.24, 2.45) is 0 Å². The van der Waals surface area contributed by atoms with Crippen molar-refractivity contribution in [3.05, 3.63) is 73.8 Å². The zero-order chi connectivity index (χ0) is 21.8. The fourth-order valence-corrected chi connectivity index (χ4v) is 3.32. The molecule has 0 bridgehead atoms. The van der Waals surface area contributed by atoms with E-state index in [9.17, 15) is 9.18 Å². The average molecular weight is 490 g/mol. The summed E-state index contributed by atoms with van der Waals surface area (Å²) in [5, 5.41) is 3.50. The number of amides is 1. The second-order valence-electron chi connectivity index (χ2n) is 5.90. The Morgan fingerprint density at radius 1 is 1.07 bits per heavy atom. The minimum Gasteiger partial charge on any atom is -0.495 e. The molecule has 10 heteroatoms. The summed E-state index contributed by atoms with van der Waals surface area (Å²) in [6.07, 6.45) is 1.25. The number of nitrogens with one attached hydrogen (secondary N) is 1. The summed E-state index contributed by atoms with van der Waals surface area (Å²) in [5.41, 5.74) is 0.240. The lowest BCUT2D eigenvalue weighted by molar-refractivity contribution is 0.102. The summed E-state index contributed by atoms with van der Waals surface area (Å²) in [6.45, 7) is -0.827. The van der Waals surface area contributed by atoms with Crippen LogP contribution >= 0.6 is 46.4 Å². The molecule has 0 saturated carbocycles. The van der Waals surface area contributed by atoms with Crippen LogP contribution in [0.15, 0.2) is 42.6 Å². The van der Waals surface area contributed by atoms with Crippen LogP contribution in [0.2, 0.25) is 20.1 Å². The summed E-state index contributed by atoms with van der Waals surface area (Å²) in [6, 6.07) is 8.95. The van der Waals surface area contributed by atoms with Gasteiger partial charge in [0.1, 0.15) is 28.8 Å². The molecule has 1 heterocycles. The lowest BCUT2D eigenvalue weighted by Gasteiger charge is -2.15. The normalized spacial score (nSPS) is 10.6. The molecule has 2 aromatic carbocycles. The van der Waals surface area contributed by atoms with Crippen molar-refractivity contribution >= 4 is 58.0 Å². The Morgan fingerprint density at radius 3 is 2.50 bits per heavy atom. The zero-order valence-corrected chi connectivity index (χ0v) is 18.3. The fraction of sp³-hybridized carbons (Fsp3) is 0.100. The molecule has 0 aliphatic heterocycles. The molecule has 0 saturated heterocycles. The molecule has 3 aromatic rings. The van der Waals surface area contributed by atoms with Crippen molar-refractivity contribution in [2.75, 3.05) is 12.4 Å². The lowest BCUT2D eigenvalue weighted by atomic mass is 10.2. The standard InChI is InChI=1S/C20H13Cl4FN2O3/c1-29-15-5-4-14(23)18(17(15)24)27-19(28)12-6-10(8-25)9-26-20(12)30-16-7-11(21)2-3-13(16)22/h2-7,9H,8H2,1H3,(H,27,28). The molecule has 30 heavy (non-hydrogen) atoms. The molecule has 156 valence electrons. The van der Waals surface area contributed by atoms with Gasteiger partial charge in [-0.1, -0.05) is 46.4 Å². The number of methoxy groups -OCH3 is 1. The van der Waals surface area contributed by atoms with Gasteiger partial charge >= 0.3 is 0 Å². The molecule has 0 atom stereocenters. The number of hydrogen-bond acceptors (Lipinski definition) is 4. The van der Waals surface area contributed by atoms with Crippen LogP contribution in [0.25, 0.3) is 0 Å². The van der Waals surface area contributed by atoms with E-state index < -0.39 is 12.6 Å². The summed E-state index contributed by atoms with van der Waals surface area (Å²) in [7, 11) is 1.43. The molecule has 1 N–H and O–H groups in total. The van der Waals surface area contributed by atoms with Crippen LogP contribution in [0.5, 0.6) is 17.4 Å². The topological polar surface area (TPSA) is 60.5 Å². The highest BCUT2D eigenvalue weighted by Crippen LogP contribution is 2.38. The highest BCUT2D eigenvalue weighted by atomic mass is 35.5. The predicted molar refractivity (Wildman–Crippen MR) is 117 cm³/mol. The first-order valence-corrected chi connectivity index (χ1v) is 9.86. The van der Waals surface area contributed by atoms with Gasteiger partial charge in [-0.05, 0) is 30.3 Å². The maximum absolute atomic E-state index is 13.2. The molecule has 3 rings (SSSR count). The minimum absolute atomic E-state index is 0.0591. The summed E-state index contributed by atoms with van der Waals surface area (Å²) in [4.78, 5) is 17.0. The van der Waals surface area contributed by atoms with E-state index in [-0.39, 0.29) is 43.5 Å². The molecular weight excluding hydrogens is 477 g/mol. The summed E-state index contributed by atoms with van der Waals surface area (Å²) >= 11 is 24.5. The number of aromatic nitrogens is 1. The van der Waals surface area contributed by atoms with Gasteiger partial charge in [0.25, 0.3) is 5.91 Å². The molecule has 0 radical (unpaired) electrons. The van der Waals surface area contributed by atoms with Gasteiger partial charge in [-0.25, -0.2) is 9.37 Å². The molecule has 0 spiro atoms. The second-order valence-corrected chi connectivity index (χ2v) is 7.53. The molecule has 0 fully saturated rings. The van der Waals surface area contributed by atoms with Crippen molar-refractivity contribution in [2.45, 2.75) is 6.67 Å². The number of halogens is 5. The smallest absolute Gasteiger partial charge is 0.261 e. The second kappa shape index (κ2) is 9.71. The Labute approximate surface area is 191 Å². The van der Waals surface area contributed by atoms with Crippen LogP contribution in [-0.2, 0) is 6.67 Å². The highest BCUT2D eigenvalue weighted by Gasteiger charge is 2.21. The Balaban J connectivity index is 2.00. The van der Waals surface area contributed by atoms with Crippen LogP contribution in [0, 0.1) is 0 Å². The van der Waals surface area contributed by atoms with Crippen molar-refractivity contribution in [3.8, 4) is 17.4 Å². The fourth-order valence-electron chi connectivity index (χ4n) is 2.46. The molecule has 0 aliphatic rings. The number of rotatable bonds is 6. The monoisotopic (exact) mass is 488 g/mol. The number of carbonyl (C=O) groups excluding carboxylic acids is 1. The van der Waals surface area contributed by atoms with Gasteiger partial charge in [-0.2, -0.15) is 0 Å². The van der Waals surface area contributed by atoms with E-state index in [1.165, 1.54) is 37.6 Å². The number of nitrogens with zero attached hydrogens (tertiary/aromatic N) is 1. The Kier molecular flexibility index (Phi) is 7.26. The Bertz CT molecular complexity index is 1110. The summed E-state index contributed by atoms with van der Waals surface area (Å²) < 4.78 is 24.0. The van der Waals surface area contributed by atoms with Crippen LogP contribution in [0.4, 0.5) is 10.1 Å². The van der Waals surface area contributed by atoms with Crippen molar-refractivity contribution in [1.82, 2.24) is 4.98 Å². The zero-order valence-electron chi connectivity index (χ0n) is 15.3. The molecule has 0 aliphatic carbocycles. The highest BCUT2D eigenvalue weighted by molar-refractivity contribution is 6.41. The quantitative estimate of drug-likeness (QED) is 0.397. The number of carbonyl (C=O) groups is 1. The SMILES string of the molecule is COc1ccc(Cl)c(NC(=O)c2cc(CF)cnc2Oc2cc(Cl)ccc2Cl)c1Cl. The maximum Gasteiger partial charge on any atom is 0.261 e. The van der Waals surface area contributed by atoms with Crippen molar-refractivity contribution in [1.29, 1.82) is 0 Å². The van der Waals surface area contributed by atoms with Gasteiger partial charge in [0.15, 0.2) is 0 Å². The maximum atomic E-state index is 13.2. The molecule has 5 nitrogen and oxygen atoms in total. The predicted octanol–water partition coefficient (Wildman–Crippen LogP) is 7.22. The van der Waals surface area contributed by atoms with Gasteiger partial charge in [0.2, 0.25) is 5.88 Å². The van der Waals surface area contributed by atoms with E-state index in [0.717, 1.165) is 0 Å². The van der Waals surface area contributed by atoms with Crippen LogP contribution in [-0.4, -0.2) is 18.0 Å². The molecule has 0 unspecified atom stereocenters. The molecule has 1 amide bonds. The van der Waals surface area contributed by atoms with E-state index in [4.69, 9.17) is 55.9 Å². The van der Waals surface area contributed by atoms with Crippen molar-refractivity contribution in [3.63, 3.8) is 0 Å². The van der Waals surface area contributed by atoms with E-state index in [1.807, 2.05) is 0 Å². The Hall–Kier alpha value is -2.25. The van der Waals surface area contributed by atoms with E-state index in [1.54, 1.807) is 12.1 Å². The van der Waals surface area contributed by atoms with Crippen LogP contribution < -0.4 is 14.8 Å². The van der Waals surface area contributed by atoms with Gasteiger partial charge in [-0.15, -0.1) is 0 Å². The number of alkyl halides is 1. The largest absolute Gasteiger partial charge is 0.495 e. The Morgan fingerprint density at radius 2 is 1.80 bits per heavy atom. The van der Waals surface area contributed by atoms with Crippen LogP contribution in [0.1, 0.15) is 15.9 Å². The first-order chi connectivity index (χ1) is 14.3. The van der Waals surface area contributed by atoms with E-state index in [2.05, 4.69) is 10.3 Å². The number of hydrogen-bond donors (Lipinski definition) is 1. The third-order valence-corrected chi connectivity index (χ3v) is 5.16. The molecule has 1 aromatic heterocycles. The number of ether oxygens (including phenoxy) is 2. The van der Waals surface area contributed by atoms with Gasteiger partial charge in [-0.3, -0.25) is 4.79 Å². The molecular formula is C20H13Cl4FN2O3. The minimum atomic E-state index is -0.827. The van der Waals surface area contributed by atoms with E-state index in [0.29, 0.717) is 10.8 Å². The van der Waals surface area contributed by atoms with Crippen LogP contribution in [0.3, 0.4) is 0 Å². The lowest BCUT2D eigenvalue weighted by Crippen LogP contribution is -2.15. The van der Waals surface area contributed by atoms with Gasteiger partial charge < -0.3 is 14.8 Å². The average Bonchev–Trinajstić information content (AvgIpc) is 2.74. The van der Waals surface area contributed by atoms with E-state index >= 15 is 0 Å². The number of pyridine rings is 1. The van der Waals surface area contributed by atoms with Crippen molar-refractivity contribution < 1.29 is 18.7 Å².